The number of hydrogen-bond acceptors (Lipinski definition) is 4. The molecule has 4 heteroatoms. The average molecular weight is 248 g/mol. The van der Waals surface area contributed by atoms with Gasteiger partial charge in [-0.1, -0.05) is 18.2 Å². The van der Waals surface area contributed by atoms with Crippen LogP contribution in [-0.4, -0.2) is 27.6 Å². The summed E-state index contributed by atoms with van der Waals surface area (Å²) in [4.78, 5) is 10.1. The highest BCUT2D eigenvalue weighted by atomic mass is 16.5. The number of rotatable bonds is 6. The second-order valence-corrected chi connectivity index (χ2v) is 3.34. The van der Waals surface area contributed by atoms with Gasteiger partial charge in [0.05, 0.1) is 21.3 Å². The molecule has 0 aromatic heterocycles. The lowest BCUT2D eigenvalue weighted by atomic mass is 10.1. The normalized spacial score (nSPS) is 10.8. The fraction of sp³-hybridized carbons (Fsp3) is 0.214. The maximum absolute atomic E-state index is 10.1. The predicted molar refractivity (Wildman–Crippen MR) is 70.3 cm³/mol. The molecule has 0 aliphatic rings. The number of methoxy groups -OCH3 is 3. The number of allylic oxidation sites excluding steroid dienone is 3. The van der Waals surface area contributed by atoms with Crippen LogP contribution in [0.15, 0.2) is 30.4 Å². The zero-order chi connectivity index (χ0) is 13.4. The van der Waals surface area contributed by atoms with E-state index in [1.807, 2.05) is 18.2 Å². The largest absolute Gasteiger partial charge is 0.493 e. The van der Waals surface area contributed by atoms with Crippen molar-refractivity contribution >= 4 is 12.4 Å². The molecule has 4 nitrogen and oxygen atoms in total. The lowest BCUT2D eigenvalue weighted by Gasteiger charge is -2.12. The third-order valence-corrected chi connectivity index (χ3v) is 2.28. The van der Waals surface area contributed by atoms with Gasteiger partial charge in [-0.05, 0) is 23.8 Å². The molecule has 0 unspecified atom stereocenters. The molecule has 0 fully saturated rings. The fourth-order valence-corrected chi connectivity index (χ4v) is 1.47. The molecule has 0 aliphatic heterocycles. The van der Waals surface area contributed by atoms with Crippen LogP contribution in [0, 0.1) is 0 Å². The average Bonchev–Trinajstić information content (AvgIpc) is 2.42. The van der Waals surface area contributed by atoms with Crippen molar-refractivity contribution in [2.24, 2.45) is 0 Å². The van der Waals surface area contributed by atoms with Crippen LogP contribution in [0.3, 0.4) is 0 Å². The molecule has 0 saturated carbocycles. The van der Waals surface area contributed by atoms with E-state index in [0.29, 0.717) is 17.2 Å². The number of benzene rings is 1. The summed E-state index contributed by atoms with van der Waals surface area (Å²) in [6.07, 6.45) is 7.38. The molecule has 96 valence electrons. The second-order valence-electron chi connectivity index (χ2n) is 3.34. The summed E-state index contributed by atoms with van der Waals surface area (Å²) >= 11 is 0. The van der Waals surface area contributed by atoms with Gasteiger partial charge in [-0.25, -0.2) is 0 Å². The first-order valence-electron chi connectivity index (χ1n) is 5.35. The summed E-state index contributed by atoms with van der Waals surface area (Å²) in [5.74, 6) is 1.74. The molecule has 0 aliphatic carbocycles. The smallest absolute Gasteiger partial charge is 0.203 e. The van der Waals surface area contributed by atoms with Crippen LogP contribution in [0.4, 0.5) is 0 Å². The fourth-order valence-electron chi connectivity index (χ4n) is 1.47. The Morgan fingerprint density at radius 3 is 1.94 bits per heavy atom. The Morgan fingerprint density at radius 1 is 0.889 bits per heavy atom. The van der Waals surface area contributed by atoms with Crippen molar-refractivity contribution in [1.29, 1.82) is 0 Å². The summed E-state index contributed by atoms with van der Waals surface area (Å²) in [5, 5.41) is 0. The van der Waals surface area contributed by atoms with E-state index in [-0.39, 0.29) is 0 Å². The Morgan fingerprint density at radius 2 is 1.50 bits per heavy atom. The van der Waals surface area contributed by atoms with Crippen molar-refractivity contribution in [3.63, 3.8) is 0 Å². The monoisotopic (exact) mass is 248 g/mol. The molecule has 1 aromatic carbocycles. The molecule has 0 amide bonds. The Labute approximate surface area is 106 Å². The highest BCUT2D eigenvalue weighted by Gasteiger charge is 2.11. The summed E-state index contributed by atoms with van der Waals surface area (Å²) in [5.41, 5.74) is 0.889. The van der Waals surface area contributed by atoms with Crippen LogP contribution in [0.5, 0.6) is 17.2 Å². The summed E-state index contributed by atoms with van der Waals surface area (Å²) in [6.45, 7) is 0. The molecule has 18 heavy (non-hydrogen) atoms. The topological polar surface area (TPSA) is 44.8 Å². The van der Waals surface area contributed by atoms with Gasteiger partial charge in [-0.3, -0.25) is 4.79 Å². The summed E-state index contributed by atoms with van der Waals surface area (Å²) < 4.78 is 15.7. The second kappa shape index (κ2) is 7.17. The quantitative estimate of drug-likeness (QED) is 0.441. The van der Waals surface area contributed by atoms with Crippen molar-refractivity contribution in [3.8, 4) is 17.2 Å². The minimum atomic E-state index is 0.556. The van der Waals surface area contributed by atoms with E-state index in [0.717, 1.165) is 11.8 Å². The van der Waals surface area contributed by atoms with E-state index in [4.69, 9.17) is 14.2 Å². The van der Waals surface area contributed by atoms with Gasteiger partial charge in [0.2, 0.25) is 5.75 Å². The van der Waals surface area contributed by atoms with Gasteiger partial charge in [0, 0.05) is 0 Å². The van der Waals surface area contributed by atoms with E-state index < -0.39 is 0 Å². The van der Waals surface area contributed by atoms with Crippen molar-refractivity contribution in [2.75, 3.05) is 21.3 Å². The number of hydrogen-bond donors (Lipinski definition) is 0. The number of carbonyl (C=O) groups is 1. The molecule has 1 aromatic rings. The standard InChI is InChI=1S/C14H16O4/c1-16-12-9-11(7-5-4-6-8-15)10-13(17-2)14(12)18-3/h4-10H,1-3H3/b6-4+,7-5+. The maximum atomic E-state index is 10.1. The third-order valence-electron chi connectivity index (χ3n) is 2.28. The maximum Gasteiger partial charge on any atom is 0.203 e. The minimum Gasteiger partial charge on any atom is -0.493 e. The van der Waals surface area contributed by atoms with Gasteiger partial charge >= 0.3 is 0 Å². The van der Waals surface area contributed by atoms with Crippen molar-refractivity contribution in [2.45, 2.75) is 0 Å². The first-order chi connectivity index (χ1) is 8.76. The van der Waals surface area contributed by atoms with E-state index in [9.17, 15) is 4.79 Å². The molecule has 1 rings (SSSR count). The Bertz CT molecular complexity index is 436. The molecular weight excluding hydrogens is 232 g/mol. The van der Waals surface area contributed by atoms with Crippen molar-refractivity contribution in [1.82, 2.24) is 0 Å². The number of carbonyl (C=O) groups excluding carboxylic acids is 1. The highest BCUT2D eigenvalue weighted by molar-refractivity contribution is 5.67. The van der Waals surface area contributed by atoms with Crippen LogP contribution >= 0.6 is 0 Å². The van der Waals surface area contributed by atoms with Crippen LogP contribution in [0.2, 0.25) is 0 Å². The number of aldehydes is 1. The van der Waals surface area contributed by atoms with Gasteiger partial charge in [0.25, 0.3) is 0 Å². The molecule has 0 atom stereocenters. The molecule has 0 bridgehead atoms. The van der Waals surface area contributed by atoms with Gasteiger partial charge < -0.3 is 14.2 Å². The number of ether oxygens (including phenoxy) is 3. The SMILES string of the molecule is COc1cc(/C=C/C=C/C=O)cc(OC)c1OC. The van der Waals surface area contributed by atoms with E-state index >= 15 is 0 Å². The van der Waals surface area contributed by atoms with Gasteiger partial charge in [0.15, 0.2) is 11.5 Å². The van der Waals surface area contributed by atoms with Gasteiger partial charge in [0.1, 0.15) is 6.29 Å². The minimum absolute atomic E-state index is 0.556. The molecular formula is C14H16O4. The Hall–Kier alpha value is -2.23. The molecule has 0 spiro atoms. The van der Waals surface area contributed by atoms with E-state index in [1.54, 1.807) is 33.5 Å². The first kappa shape index (κ1) is 13.8. The van der Waals surface area contributed by atoms with Crippen molar-refractivity contribution < 1.29 is 19.0 Å². The lowest BCUT2D eigenvalue weighted by molar-refractivity contribution is -0.104. The first-order valence-corrected chi connectivity index (χ1v) is 5.35. The summed E-state index contributed by atoms with van der Waals surface area (Å²) in [7, 11) is 4.69. The van der Waals surface area contributed by atoms with Gasteiger partial charge in [-0.2, -0.15) is 0 Å². The third kappa shape index (κ3) is 3.38. The van der Waals surface area contributed by atoms with Crippen molar-refractivity contribution in [3.05, 3.63) is 35.9 Å². The lowest BCUT2D eigenvalue weighted by Crippen LogP contribution is -1.95. The highest BCUT2D eigenvalue weighted by Crippen LogP contribution is 2.38. The van der Waals surface area contributed by atoms with E-state index in [2.05, 4.69) is 0 Å². The Balaban J connectivity index is 3.10. The summed E-state index contributed by atoms with van der Waals surface area (Å²) in [6, 6.07) is 3.65. The van der Waals surface area contributed by atoms with Crippen LogP contribution in [-0.2, 0) is 4.79 Å². The zero-order valence-electron chi connectivity index (χ0n) is 10.7. The van der Waals surface area contributed by atoms with Crippen LogP contribution in [0.1, 0.15) is 5.56 Å². The van der Waals surface area contributed by atoms with E-state index in [1.165, 1.54) is 6.08 Å². The van der Waals surface area contributed by atoms with Crippen LogP contribution in [0.25, 0.3) is 6.08 Å². The molecule has 0 radical (unpaired) electrons. The molecule has 0 saturated heterocycles. The molecule has 0 N–H and O–H groups in total. The predicted octanol–water partition coefficient (Wildman–Crippen LogP) is 2.48. The Kier molecular flexibility index (Phi) is 5.51. The molecule has 0 heterocycles. The van der Waals surface area contributed by atoms with Crippen LogP contribution < -0.4 is 14.2 Å². The zero-order valence-corrected chi connectivity index (χ0v) is 10.7. The van der Waals surface area contributed by atoms with Gasteiger partial charge in [-0.15, -0.1) is 0 Å².